The van der Waals surface area contributed by atoms with E-state index >= 15 is 0 Å². The van der Waals surface area contributed by atoms with Gasteiger partial charge in [-0.15, -0.1) is 6.58 Å². The van der Waals surface area contributed by atoms with E-state index in [1.54, 1.807) is 0 Å². The Morgan fingerprint density at radius 3 is 2.69 bits per heavy atom. The van der Waals surface area contributed by atoms with Gasteiger partial charge in [-0.05, 0) is 75.4 Å². The molecule has 1 saturated heterocycles. The molecule has 0 atom stereocenters. The smallest absolute Gasteiger partial charge is 0.314 e. The van der Waals surface area contributed by atoms with Crippen molar-refractivity contribution in [2.75, 3.05) is 26.9 Å². The lowest BCUT2D eigenvalue weighted by Crippen LogP contribution is -2.32. The van der Waals surface area contributed by atoms with Gasteiger partial charge in [-0.2, -0.15) is 0 Å². The summed E-state index contributed by atoms with van der Waals surface area (Å²) in [7, 11) is 1.39. The van der Waals surface area contributed by atoms with Crippen LogP contribution in [0.15, 0.2) is 55.4 Å². The molecule has 0 aliphatic carbocycles. The molecule has 0 unspecified atom stereocenters. The van der Waals surface area contributed by atoms with E-state index in [1.165, 1.54) is 7.11 Å². The molecule has 1 aliphatic rings. The summed E-state index contributed by atoms with van der Waals surface area (Å²) >= 11 is 0. The number of aryl methyl sites for hydroxylation is 1. The van der Waals surface area contributed by atoms with Crippen LogP contribution in [0.3, 0.4) is 0 Å². The topological polar surface area (TPSA) is 86.3 Å². The highest BCUT2D eigenvalue weighted by molar-refractivity contribution is 5.76. The molecule has 1 N–H and O–H groups in total. The number of nitrogens with one attached hydrogen (secondary N) is 1. The van der Waals surface area contributed by atoms with Gasteiger partial charge in [0.15, 0.2) is 0 Å². The molecular weight excluding hydrogens is 454 g/mol. The van der Waals surface area contributed by atoms with Crippen LogP contribution < -0.4 is 4.74 Å². The predicted octanol–water partition coefficient (Wildman–Crippen LogP) is 5.73. The highest BCUT2D eigenvalue weighted by Gasteiger charge is 2.29. The lowest BCUT2D eigenvalue weighted by molar-refractivity contribution is -0.152. The number of aromatic amines is 1. The zero-order chi connectivity index (χ0) is 25.5. The quantitative estimate of drug-likeness (QED) is 0.289. The maximum absolute atomic E-state index is 12.0. The van der Waals surface area contributed by atoms with Crippen molar-refractivity contribution in [1.29, 1.82) is 0 Å². The Kier molecular flexibility index (Phi) is 8.21. The van der Waals surface area contributed by atoms with Crippen molar-refractivity contribution in [3.63, 3.8) is 0 Å². The average molecular weight is 490 g/mol. The number of nitrogens with zero attached hydrogens (tertiary/aromatic N) is 2. The van der Waals surface area contributed by atoms with Gasteiger partial charge in [-0.1, -0.05) is 6.08 Å². The standard InChI is InChI=1S/C29H35N3O4/c1-5-6-7-21-16-23(36-19-29(2,3)28(33)34-4)9-10-24(21)25-11-8-22(17-30-25)27-31-18-26(32-27)20-12-14-35-15-13-20/h5,8-11,16-18,20H,1,6-7,12-15,19H2,2-4H3,(H,31,32). The Morgan fingerprint density at radius 1 is 1.19 bits per heavy atom. The molecule has 190 valence electrons. The Bertz CT molecular complexity index is 1180. The molecule has 7 heteroatoms. The van der Waals surface area contributed by atoms with Crippen LogP contribution in [0, 0.1) is 5.41 Å². The normalized spacial score (nSPS) is 14.4. The SMILES string of the molecule is C=CCCc1cc(OCC(C)(C)C(=O)OC)ccc1-c1ccc(-c2ncc(C3CCOCC3)[nH]2)cn1. The van der Waals surface area contributed by atoms with Crippen molar-refractivity contribution in [1.82, 2.24) is 15.0 Å². The molecule has 4 rings (SSSR count). The summed E-state index contributed by atoms with van der Waals surface area (Å²) in [4.78, 5) is 24.8. The number of carbonyl (C=O) groups excluding carboxylic acids is 1. The van der Waals surface area contributed by atoms with E-state index in [0.717, 1.165) is 72.8 Å². The summed E-state index contributed by atoms with van der Waals surface area (Å²) in [5, 5.41) is 0. The van der Waals surface area contributed by atoms with Crippen molar-refractivity contribution in [2.24, 2.45) is 5.41 Å². The van der Waals surface area contributed by atoms with Gasteiger partial charge in [0, 0.05) is 48.3 Å². The molecule has 3 heterocycles. The number of hydrogen-bond acceptors (Lipinski definition) is 6. The number of rotatable bonds is 10. The summed E-state index contributed by atoms with van der Waals surface area (Å²) < 4.78 is 16.3. The largest absolute Gasteiger partial charge is 0.492 e. The molecular formula is C29H35N3O4. The first-order valence-electron chi connectivity index (χ1n) is 12.5. The van der Waals surface area contributed by atoms with Gasteiger partial charge in [0.1, 0.15) is 18.2 Å². The maximum atomic E-state index is 12.0. The highest BCUT2D eigenvalue weighted by atomic mass is 16.5. The first kappa shape index (κ1) is 25.6. The molecule has 1 fully saturated rings. The second kappa shape index (κ2) is 11.5. The van der Waals surface area contributed by atoms with Gasteiger partial charge in [0.05, 0.1) is 18.2 Å². The molecule has 3 aromatic rings. The number of methoxy groups -OCH3 is 1. The van der Waals surface area contributed by atoms with E-state index in [0.29, 0.717) is 11.7 Å². The molecule has 1 aliphatic heterocycles. The monoisotopic (exact) mass is 489 g/mol. The van der Waals surface area contributed by atoms with Crippen molar-refractivity contribution in [3.8, 4) is 28.4 Å². The van der Waals surface area contributed by atoms with E-state index in [-0.39, 0.29) is 12.6 Å². The molecule has 0 bridgehead atoms. The van der Waals surface area contributed by atoms with Crippen LogP contribution in [0.5, 0.6) is 5.75 Å². The van der Waals surface area contributed by atoms with E-state index in [9.17, 15) is 4.79 Å². The van der Waals surface area contributed by atoms with Crippen LogP contribution in [0.4, 0.5) is 0 Å². The minimum atomic E-state index is -0.734. The average Bonchev–Trinajstić information content (AvgIpc) is 3.41. The summed E-state index contributed by atoms with van der Waals surface area (Å²) in [6.45, 7) is 9.31. The van der Waals surface area contributed by atoms with Gasteiger partial charge in [-0.3, -0.25) is 9.78 Å². The fraction of sp³-hybridized carbons (Fsp3) is 0.414. The third kappa shape index (κ3) is 6.02. The number of imidazole rings is 1. The van der Waals surface area contributed by atoms with Crippen molar-refractivity contribution in [2.45, 2.75) is 45.4 Å². The van der Waals surface area contributed by atoms with Crippen LogP contribution in [0.25, 0.3) is 22.6 Å². The lowest BCUT2D eigenvalue weighted by atomic mass is 9.95. The summed E-state index contributed by atoms with van der Waals surface area (Å²) in [5.41, 5.74) is 4.43. The number of H-pyrrole nitrogens is 1. The zero-order valence-electron chi connectivity index (χ0n) is 21.4. The summed E-state index contributed by atoms with van der Waals surface area (Å²) in [5.74, 6) is 1.72. The van der Waals surface area contributed by atoms with Crippen molar-refractivity contribution >= 4 is 5.97 Å². The van der Waals surface area contributed by atoms with Gasteiger partial charge < -0.3 is 19.2 Å². The zero-order valence-corrected chi connectivity index (χ0v) is 21.4. The molecule has 0 amide bonds. The van der Waals surface area contributed by atoms with Crippen LogP contribution in [0.1, 0.15) is 50.3 Å². The lowest BCUT2D eigenvalue weighted by Gasteiger charge is -2.22. The Labute approximate surface area is 212 Å². The second-order valence-corrected chi connectivity index (χ2v) is 9.82. The molecule has 0 saturated carbocycles. The number of aromatic nitrogens is 3. The Balaban J connectivity index is 1.52. The van der Waals surface area contributed by atoms with Gasteiger partial charge in [0.25, 0.3) is 0 Å². The van der Waals surface area contributed by atoms with Gasteiger partial charge >= 0.3 is 5.97 Å². The predicted molar refractivity (Wildman–Crippen MR) is 140 cm³/mol. The first-order chi connectivity index (χ1) is 17.4. The van der Waals surface area contributed by atoms with E-state index in [4.69, 9.17) is 19.2 Å². The second-order valence-electron chi connectivity index (χ2n) is 9.82. The molecule has 7 nitrogen and oxygen atoms in total. The van der Waals surface area contributed by atoms with Crippen LogP contribution >= 0.6 is 0 Å². The number of allylic oxidation sites excluding steroid dienone is 1. The first-order valence-corrected chi connectivity index (χ1v) is 12.5. The fourth-order valence-corrected chi connectivity index (χ4v) is 4.36. The van der Waals surface area contributed by atoms with Crippen LogP contribution in [-0.2, 0) is 20.7 Å². The van der Waals surface area contributed by atoms with Crippen molar-refractivity contribution in [3.05, 3.63) is 66.6 Å². The number of pyridine rings is 1. The van der Waals surface area contributed by atoms with Crippen molar-refractivity contribution < 1.29 is 19.0 Å². The number of ether oxygens (including phenoxy) is 3. The third-order valence-corrected chi connectivity index (χ3v) is 6.60. The molecule has 2 aromatic heterocycles. The number of benzene rings is 1. The minimum Gasteiger partial charge on any atom is -0.492 e. The molecule has 0 radical (unpaired) electrons. The summed E-state index contributed by atoms with van der Waals surface area (Å²) in [6.07, 6.45) is 9.39. The highest BCUT2D eigenvalue weighted by Crippen LogP contribution is 2.31. The third-order valence-electron chi connectivity index (χ3n) is 6.60. The van der Waals surface area contributed by atoms with Crippen LogP contribution in [0.2, 0.25) is 0 Å². The Hall–Kier alpha value is -3.45. The minimum absolute atomic E-state index is 0.228. The number of esters is 1. The number of hydrogen-bond donors (Lipinski definition) is 1. The molecule has 1 aromatic carbocycles. The van der Waals surface area contributed by atoms with E-state index < -0.39 is 5.41 Å². The van der Waals surface area contributed by atoms with E-state index in [2.05, 4.69) is 22.6 Å². The summed E-state index contributed by atoms with van der Waals surface area (Å²) in [6, 6.07) is 10.0. The molecule has 36 heavy (non-hydrogen) atoms. The molecule has 0 spiro atoms. The Morgan fingerprint density at radius 2 is 2.00 bits per heavy atom. The maximum Gasteiger partial charge on any atom is 0.314 e. The van der Waals surface area contributed by atoms with Gasteiger partial charge in [-0.25, -0.2) is 4.98 Å². The fourth-order valence-electron chi connectivity index (χ4n) is 4.36. The number of carbonyl (C=O) groups is 1. The van der Waals surface area contributed by atoms with E-state index in [1.807, 2.05) is 56.6 Å². The van der Waals surface area contributed by atoms with Gasteiger partial charge in [0.2, 0.25) is 0 Å². The van der Waals surface area contributed by atoms with Crippen LogP contribution in [-0.4, -0.2) is 47.9 Å².